The molecule has 1 unspecified atom stereocenters. The molecule has 0 spiro atoms. The first-order valence-corrected chi connectivity index (χ1v) is 9.19. The standard InChI is InChI=1S/C21H27N3O3.HI/c1-15-9-10-16(20(12-15)27-14-17-6-5-11-26-17)13-23-21(22)24-18-7-3-4-8-19(18)25-2;/h3-4,7-10,12,17H,5-6,11,13-14H2,1-2H3,(H3,22,23,24);1H. The van der Waals surface area contributed by atoms with E-state index in [-0.39, 0.29) is 30.1 Å². The van der Waals surface area contributed by atoms with E-state index in [1.165, 1.54) is 0 Å². The molecule has 1 fully saturated rings. The molecule has 2 aromatic carbocycles. The number of hydrogen-bond acceptors (Lipinski definition) is 4. The van der Waals surface area contributed by atoms with Gasteiger partial charge in [0.1, 0.15) is 18.1 Å². The number of benzene rings is 2. The second-order valence-corrected chi connectivity index (χ2v) is 6.58. The predicted molar refractivity (Wildman–Crippen MR) is 123 cm³/mol. The zero-order chi connectivity index (χ0) is 19.1. The smallest absolute Gasteiger partial charge is 0.193 e. The van der Waals surface area contributed by atoms with Gasteiger partial charge in [0.05, 0.1) is 25.4 Å². The monoisotopic (exact) mass is 497 g/mol. The first kappa shape index (κ1) is 22.3. The summed E-state index contributed by atoms with van der Waals surface area (Å²) in [5.74, 6) is 1.87. The lowest BCUT2D eigenvalue weighted by Gasteiger charge is -2.15. The van der Waals surface area contributed by atoms with Crippen LogP contribution in [-0.4, -0.2) is 32.4 Å². The molecule has 7 heteroatoms. The summed E-state index contributed by atoms with van der Waals surface area (Å²) in [6, 6.07) is 13.7. The van der Waals surface area contributed by atoms with E-state index in [1.807, 2.05) is 49.4 Å². The number of ether oxygens (including phenoxy) is 3. The highest BCUT2D eigenvalue weighted by atomic mass is 127. The third kappa shape index (κ3) is 6.27. The fourth-order valence-corrected chi connectivity index (χ4v) is 2.98. The van der Waals surface area contributed by atoms with Crippen LogP contribution in [0.2, 0.25) is 0 Å². The molecule has 0 aromatic heterocycles. The van der Waals surface area contributed by atoms with Crippen LogP contribution in [0.4, 0.5) is 5.69 Å². The van der Waals surface area contributed by atoms with E-state index < -0.39 is 0 Å². The van der Waals surface area contributed by atoms with Crippen LogP contribution < -0.4 is 20.5 Å². The molecule has 1 saturated heterocycles. The third-order valence-electron chi connectivity index (χ3n) is 4.46. The Balaban J connectivity index is 0.00000280. The van der Waals surface area contributed by atoms with Crippen molar-refractivity contribution in [1.82, 2.24) is 0 Å². The highest BCUT2D eigenvalue weighted by Gasteiger charge is 2.17. The molecule has 0 amide bonds. The minimum atomic E-state index is 0. The maximum Gasteiger partial charge on any atom is 0.193 e. The van der Waals surface area contributed by atoms with Crippen molar-refractivity contribution < 1.29 is 14.2 Å². The largest absolute Gasteiger partial charge is 0.495 e. The van der Waals surface area contributed by atoms with Crippen LogP contribution in [0.25, 0.3) is 0 Å². The number of methoxy groups -OCH3 is 1. The summed E-state index contributed by atoms with van der Waals surface area (Å²) in [6.07, 6.45) is 2.33. The van der Waals surface area contributed by atoms with E-state index >= 15 is 0 Å². The fraction of sp³-hybridized carbons (Fsp3) is 0.381. The summed E-state index contributed by atoms with van der Waals surface area (Å²) in [5.41, 5.74) is 8.96. The quantitative estimate of drug-likeness (QED) is 0.342. The van der Waals surface area contributed by atoms with Crippen LogP contribution in [0.15, 0.2) is 47.5 Å². The van der Waals surface area contributed by atoms with Crippen LogP contribution in [0.1, 0.15) is 24.0 Å². The summed E-state index contributed by atoms with van der Waals surface area (Å²) in [4.78, 5) is 4.45. The Bertz CT molecular complexity index is 792. The number of nitrogens with one attached hydrogen (secondary N) is 1. The number of guanidine groups is 1. The highest BCUT2D eigenvalue weighted by Crippen LogP contribution is 2.24. The van der Waals surface area contributed by atoms with Crippen LogP contribution in [0, 0.1) is 6.92 Å². The van der Waals surface area contributed by atoms with E-state index in [0.717, 1.165) is 42.0 Å². The number of anilines is 1. The van der Waals surface area contributed by atoms with Gasteiger partial charge in [-0.1, -0.05) is 24.3 Å². The summed E-state index contributed by atoms with van der Waals surface area (Å²) in [5, 5.41) is 3.08. The van der Waals surface area contributed by atoms with Crippen molar-refractivity contribution in [2.75, 3.05) is 25.6 Å². The Labute approximate surface area is 183 Å². The Kier molecular flexibility index (Phi) is 8.85. The van der Waals surface area contributed by atoms with Crippen LogP contribution in [0.5, 0.6) is 11.5 Å². The highest BCUT2D eigenvalue weighted by molar-refractivity contribution is 14.0. The fourth-order valence-electron chi connectivity index (χ4n) is 2.98. The summed E-state index contributed by atoms with van der Waals surface area (Å²) >= 11 is 0. The number of nitrogens with zero attached hydrogens (tertiary/aromatic N) is 1. The van der Waals surface area contributed by atoms with E-state index in [0.29, 0.717) is 24.9 Å². The van der Waals surface area contributed by atoms with Gasteiger partial charge in [0.2, 0.25) is 0 Å². The van der Waals surface area contributed by atoms with Crippen molar-refractivity contribution in [2.24, 2.45) is 10.7 Å². The molecule has 3 rings (SSSR count). The van der Waals surface area contributed by atoms with Crippen LogP contribution in [-0.2, 0) is 11.3 Å². The Morgan fingerprint density at radius 2 is 2.07 bits per heavy atom. The molecule has 2 aromatic rings. The van der Waals surface area contributed by atoms with Crippen molar-refractivity contribution in [2.45, 2.75) is 32.4 Å². The van der Waals surface area contributed by atoms with E-state index in [4.69, 9.17) is 19.9 Å². The van der Waals surface area contributed by atoms with Gasteiger partial charge in [-0.15, -0.1) is 24.0 Å². The maximum absolute atomic E-state index is 6.05. The van der Waals surface area contributed by atoms with Gasteiger partial charge in [-0.05, 0) is 43.5 Å². The SMILES string of the molecule is COc1ccccc1NC(N)=NCc1ccc(C)cc1OCC1CCCO1.I. The second-order valence-electron chi connectivity index (χ2n) is 6.58. The molecule has 28 heavy (non-hydrogen) atoms. The van der Waals surface area contributed by atoms with Crippen molar-refractivity contribution in [1.29, 1.82) is 0 Å². The number of aryl methyl sites for hydroxylation is 1. The topological polar surface area (TPSA) is 78.1 Å². The number of rotatable bonds is 7. The van der Waals surface area contributed by atoms with Crippen molar-refractivity contribution in [3.05, 3.63) is 53.6 Å². The summed E-state index contributed by atoms with van der Waals surface area (Å²) in [7, 11) is 1.62. The summed E-state index contributed by atoms with van der Waals surface area (Å²) < 4.78 is 17.0. The number of para-hydroxylation sites is 2. The number of halogens is 1. The second kappa shape index (κ2) is 11.1. The molecule has 0 aliphatic carbocycles. The first-order valence-electron chi connectivity index (χ1n) is 9.19. The van der Waals surface area contributed by atoms with Gasteiger partial charge in [0, 0.05) is 12.2 Å². The van der Waals surface area contributed by atoms with E-state index in [1.54, 1.807) is 7.11 Å². The molecule has 6 nitrogen and oxygen atoms in total. The Hall–Kier alpha value is -2.00. The zero-order valence-electron chi connectivity index (χ0n) is 16.3. The molecule has 152 valence electrons. The lowest BCUT2D eigenvalue weighted by Crippen LogP contribution is -2.23. The summed E-state index contributed by atoms with van der Waals surface area (Å²) in [6.45, 7) is 3.86. The van der Waals surface area contributed by atoms with E-state index in [2.05, 4.69) is 10.3 Å². The Morgan fingerprint density at radius 1 is 1.25 bits per heavy atom. The van der Waals surface area contributed by atoms with Gasteiger partial charge in [0.15, 0.2) is 5.96 Å². The van der Waals surface area contributed by atoms with Gasteiger partial charge in [0.25, 0.3) is 0 Å². The maximum atomic E-state index is 6.05. The van der Waals surface area contributed by atoms with Crippen molar-refractivity contribution >= 4 is 35.6 Å². The van der Waals surface area contributed by atoms with Gasteiger partial charge >= 0.3 is 0 Å². The molecule has 0 saturated carbocycles. The average Bonchev–Trinajstić information content (AvgIpc) is 3.19. The predicted octanol–water partition coefficient (Wildman–Crippen LogP) is 4.11. The molecular weight excluding hydrogens is 469 g/mol. The van der Waals surface area contributed by atoms with Crippen molar-refractivity contribution in [3.8, 4) is 11.5 Å². The zero-order valence-corrected chi connectivity index (χ0v) is 18.6. The first-order chi connectivity index (χ1) is 13.2. The molecular formula is C21H28IN3O3. The molecule has 1 heterocycles. The molecule has 1 atom stereocenters. The molecule has 3 N–H and O–H groups in total. The normalized spacial score (nSPS) is 16.4. The van der Waals surface area contributed by atoms with Gasteiger partial charge in [-0.3, -0.25) is 0 Å². The molecule has 1 aliphatic heterocycles. The average molecular weight is 497 g/mol. The lowest BCUT2D eigenvalue weighted by atomic mass is 10.1. The molecule has 0 bridgehead atoms. The van der Waals surface area contributed by atoms with E-state index in [9.17, 15) is 0 Å². The number of nitrogens with two attached hydrogens (primary N) is 1. The minimum absolute atomic E-state index is 0. The third-order valence-corrected chi connectivity index (χ3v) is 4.46. The van der Waals surface area contributed by atoms with Gasteiger partial charge < -0.3 is 25.3 Å². The van der Waals surface area contributed by atoms with Crippen molar-refractivity contribution in [3.63, 3.8) is 0 Å². The van der Waals surface area contributed by atoms with Gasteiger partial charge in [-0.2, -0.15) is 0 Å². The number of hydrogen-bond donors (Lipinski definition) is 2. The Morgan fingerprint density at radius 3 is 2.82 bits per heavy atom. The number of aliphatic imine (C=N–C) groups is 1. The van der Waals surface area contributed by atoms with Crippen LogP contribution >= 0.6 is 24.0 Å². The lowest BCUT2D eigenvalue weighted by molar-refractivity contribution is 0.0676. The molecule has 1 aliphatic rings. The van der Waals surface area contributed by atoms with Crippen LogP contribution in [0.3, 0.4) is 0 Å². The van der Waals surface area contributed by atoms with Gasteiger partial charge in [-0.25, -0.2) is 4.99 Å². The molecule has 0 radical (unpaired) electrons. The minimum Gasteiger partial charge on any atom is -0.495 e.